The minimum Gasteiger partial charge on any atom is -0.441 e. The predicted octanol–water partition coefficient (Wildman–Crippen LogP) is 3.42. The van der Waals surface area contributed by atoms with Crippen molar-refractivity contribution >= 4 is 29.3 Å². The summed E-state index contributed by atoms with van der Waals surface area (Å²) in [5.41, 5.74) is 3.54. The van der Waals surface area contributed by atoms with Crippen molar-refractivity contribution in [3.05, 3.63) is 63.7 Å². The third-order valence-electron chi connectivity index (χ3n) is 5.53. The van der Waals surface area contributed by atoms with E-state index in [-0.39, 0.29) is 23.6 Å². The first-order valence-electron chi connectivity index (χ1n) is 9.97. The molecular formula is C21H22ClFN6O3. The second-order valence-electron chi connectivity index (χ2n) is 7.61. The summed E-state index contributed by atoms with van der Waals surface area (Å²) in [6.07, 6.45) is 2.22. The van der Waals surface area contributed by atoms with E-state index < -0.39 is 11.9 Å². The van der Waals surface area contributed by atoms with Crippen LogP contribution in [0.25, 0.3) is 0 Å². The smallest absolute Gasteiger partial charge is 0.408 e. The van der Waals surface area contributed by atoms with Gasteiger partial charge < -0.3 is 19.9 Å². The predicted molar refractivity (Wildman–Crippen MR) is 115 cm³/mol. The van der Waals surface area contributed by atoms with Crippen LogP contribution >= 0.6 is 11.6 Å². The van der Waals surface area contributed by atoms with E-state index in [0.717, 1.165) is 16.8 Å². The van der Waals surface area contributed by atoms with Crippen molar-refractivity contribution in [1.82, 2.24) is 24.6 Å². The second-order valence-corrected chi connectivity index (χ2v) is 8.02. The van der Waals surface area contributed by atoms with Gasteiger partial charge in [-0.1, -0.05) is 11.6 Å². The molecule has 2 heterocycles. The van der Waals surface area contributed by atoms with Crippen LogP contribution in [0, 0.1) is 12.7 Å². The van der Waals surface area contributed by atoms with Gasteiger partial charge in [-0.15, -0.1) is 0 Å². The molecule has 3 aromatic rings. The van der Waals surface area contributed by atoms with E-state index in [2.05, 4.69) is 20.7 Å². The molecule has 2 aromatic heterocycles. The summed E-state index contributed by atoms with van der Waals surface area (Å²) in [6, 6.07) is 3.74. The zero-order valence-corrected chi connectivity index (χ0v) is 18.5. The largest absolute Gasteiger partial charge is 0.441 e. The number of alkyl carbamates (subject to hydrolysis) is 1. The van der Waals surface area contributed by atoms with Crippen molar-refractivity contribution in [2.24, 2.45) is 14.1 Å². The molecule has 0 fully saturated rings. The fraction of sp³-hybridized carbons (Fsp3) is 0.333. The zero-order valence-electron chi connectivity index (χ0n) is 17.8. The van der Waals surface area contributed by atoms with Crippen molar-refractivity contribution in [2.75, 3.05) is 5.32 Å². The Labute approximate surface area is 188 Å². The molecule has 1 aliphatic rings. The fourth-order valence-electron chi connectivity index (χ4n) is 4.01. The Bertz CT molecular complexity index is 1200. The Morgan fingerprint density at radius 1 is 1.34 bits per heavy atom. The van der Waals surface area contributed by atoms with Gasteiger partial charge in [-0.3, -0.25) is 9.48 Å². The molecule has 168 valence electrons. The molecule has 0 spiro atoms. The summed E-state index contributed by atoms with van der Waals surface area (Å²) in [5, 5.41) is 9.63. The molecular weight excluding hydrogens is 439 g/mol. The number of anilines is 1. The third-order valence-corrected chi connectivity index (χ3v) is 5.82. The molecule has 1 aliphatic carbocycles. The summed E-state index contributed by atoms with van der Waals surface area (Å²) in [6.45, 7) is 1.86. The average Bonchev–Trinajstić information content (AvgIpc) is 3.41. The molecule has 0 saturated heterocycles. The SMILES string of the molecule is Cc1c2c(c(C(=O)Nc3ccc(F)c(Cl)c3)n1C)CC[C@@H]2NC(=O)OCc1ncn(C)n1. The maximum Gasteiger partial charge on any atom is 0.408 e. The van der Waals surface area contributed by atoms with Gasteiger partial charge in [0.2, 0.25) is 0 Å². The molecule has 1 aromatic carbocycles. The highest BCUT2D eigenvalue weighted by molar-refractivity contribution is 6.31. The van der Waals surface area contributed by atoms with Gasteiger partial charge >= 0.3 is 6.09 Å². The molecule has 1 atom stereocenters. The number of nitrogens with one attached hydrogen (secondary N) is 2. The normalized spacial score (nSPS) is 14.8. The molecule has 4 rings (SSSR count). The van der Waals surface area contributed by atoms with E-state index in [0.29, 0.717) is 30.0 Å². The van der Waals surface area contributed by atoms with Gasteiger partial charge in [-0.05, 0) is 49.1 Å². The summed E-state index contributed by atoms with van der Waals surface area (Å²) in [4.78, 5) is 29.3. The Kier molecular flexibility index (Phi) is 5.88. The van der Waals surface area contributed by atoms with Crippen LogP contribution in [0.2, 0.25) is 5.02 Å². The van der Waals surface area contributed by atoms with Crippen LogP contribution in [0.1, 0.15) is 45.6 Å². The van der Waals surface area contributed by atoms with Gasteiger partial charge in [-0.25, -0.2) is 14.2 Å². The number of halogens is 2. The molecule has 0 unspecified atom stereocenters. The van der Waals surface area contributed by atoms with Crippen molar-refractivity contribution in [3.63, 3.8) is 0 Å². The van der Waals surface area contributed by atoms with Gasteiger partial charge in [0.05, 0.1) is 11.1 Å². The Hall–Kier alpha value is -3.40. The van der Waals surface area contributed by atoms with Crippen molar-refractivity contribution in [2.45, 2.75) is 32.4 Å². The summed E-state index contributed by atoms with van der Waals surface area (Å²) < 4.78 is 22.0. The van der Waals surface area contributed by atoms with E-state index in [1.165, 1.54) is 29.2 Å². The zero-order chi connectivity index (χ0) is 23.0. The number of aromatic nitrogens is 4. The summed E-state index contributed by atoms with van der Waals surface area (Å²) in [7, 11) is 3.52. The van der Waals surface area contributed by atoms with Crippen molar-refractivity contribution < 1.29 is 18.7 Å². The van der Waals surface area contributed by atoms with Crippen molar-refractivity contribution in [1.29, 1.82) is 0 Å². The summed E-state index contributed by atoms with van der Waals surface area (Å²) in [5.74, 6) is -0.477. The summed E-state index contributed by atoms with van der Waals surface area (Å²) >= 11 is 5.81. The van der Waals surface area contributed by atoms with E-state index in [1.54, 1.807) is 18.7 Å². The average molecular weight is 461 g/mol. The highest BCUT2D eigenvalue weighted by atomic mass is 35.5. The lowest BCUT2D eigenvalue weighted by atomic mass is 10.1. The van der Waals surface area contributed by atoms with Crippen LogP contribution in [0.5, 0.6) is 0 Å². The third kappa shape index (κ3) is 4.18. The Morgan fingerprint density at radius 2 is 2.12 bits per heavy atom. The molecule has 32 heavy (non-hydrogen) atoms. The second kappa shape index (κ2) is 8.62. The molecule has 0 radical (unpaired) electrons. The number of fused-ring (bicyclic) bond motifs is 1. The number of benzene rings is 1. The maximum atomic E-state index is 13.4. The Balaban J connectivity index is 1.48. The van der Waals surface area contributed by atoms with E-state index in [4.69, 9.17) is 16.3 Å². The van der Waals surface area contributed by atoms with Gasteiger partial charge in [-0.2, -0.15) is 5.10 Å². The first-order valence-corrected chi connectivity index (χ1v) is 10.3. The fourth-order valence-corrected chi connectivity index (χ4v) is 4.19. The minimum absolute atomic E-state index is 0.0338. The topological polar surface area (TPSA) is 103 Å². The van der Waals surface area contributed by atoms with E-state index in [9.17, 15) is 14.0 Å². The van der Waals surface area contributed by atoms with E-state index >= 15 is 0 Å². The maximum absolute atomic E-state index is 13.4. The molecule has 0 aliphatic heterocycles. The first kappa shape index (κ1) is 21.8. The van der Waals surface area contributed by atoms with Crippen LogP contribution in [-0.2, 0) is 31.9 Å². The van der Waals surface area contributed by atoms with Crippen LogP contribution in [0.15, 0.2) is 24.5 Å². The number of hydrogen-bond acceptors (Lipinski definition) is 5. The number of hydrogen-bond donors (Lipinski definition) is 2. The standard InChI is InChI=1S/C21H22ClFN6O3/c1-11-18-13(5-7-16(18)26-21(31)32-9-17-24-10-28(2)27-17)19(29(11)3)20(30)25-12-4-6-15(23)14(22)8-12/h4,6,8,10,16H,5,7,9H2,1-3H3,(H,25,30)(H,26,31)/t16-/m0/s1. The van der Waals surface area contributed by atoms with Gasteiger partial charge in [0.15, 0.2) is 12.4 Å². The van der Waals surface area contributed by atoms with Gasteiger partial charge in [0.25, 0.3) is 5.91 Å². The number of nitrogens with zero attached hydrogens (tertiary/aromatic N) is 4. The highest BCUT2D eigenvalue weighted by Gasteiger charge is 2.34. The molecule has 0 bridgehead atoms. The van der Waals surface area contributed by atoms with Crippen LogP contribution in [-0.4, -0.2) is 31.3 Å². The van der Waals surface area contributed by atoms with Gasteiger partial charge in [0.1, 0.15) is 17.8 Å². The molecule has 9 nitrogen and oxygen atoms in total. The Morgan fingerprint density at radius 3 is 2.81 bits per heavy atom. The molecule has 11 heteroatoms. The number of carbonyl (C=O) groups is 2. The number of ether oxygens (including phenoxy) is 1. The van der Waals surface area contributed by atoms with Crippen LogP contribution < -0.4 is 10.6 Å². The molecule has 0 saturated carbocycles. The number of carbonyl (C=O) groups excluding carboxylic acids is 2. The highest BCUT2D eigenvalue weighted by Crippen LogP contribution is 2.38. The van der Waals surface area contributed by atoms with E-state index in [1.807, 2.05) is 6.92 Å². The molecule has 2 amide bonds. The van der Waals surface area contributed by atoms with Gasteiger partial charge in [0, 0.05) is 25.5 Å². The lowest BCUT2D eigenvalue weighted by Gasteiger charge is -2.15. The lowest BCUT2D eigenvalue weighted by molar-refractivity contribution is 0.101. The first-order chi connectivity index (χ1) is 15.2. The van der Waals surface area contributed by atoms with Crippen molar-refractivity contribution in [3.8, 4) is 0 Å². The minimum atomic E-state index is -0.578. The number of amides is 2. The molecule has 2 N–H and O–H groups in total. The number of aryl methyl sites for hydroxylation is 1. The van der Waals surface area contributed by atoms with Crippen LogP contribution in [0.4, 0.5) is 14.9 Å². The van der Waals surface area contributed by atoms with Crippen LogP contribution in [0.3, 0.4) is 0 Å². The number of rotatable bonds is 5. The monoisotopic (exact) mass is 460 g/mol. The lowest BCUT2D eigenvalue weighted by Crippen LogP contribution is -2.28. The quantitative estimate of drug-likeness (QED) is 0.607.